The van der Waals surface area contributed by atoms with Crippen molar-refractivity contribution in [1.82, 2.24) is 19.6 Å². The highest BCUT2D eigenvalue weighted by atomic mass is 16.2. The van der Waals surface area contributed by atoms with Gasteiger partial charge >= 0.3 is 0 Å². The maximum atomic E-state index is 12.8. The van der Waals surface area contributed by atoms with E-state index in [0.29, 0.717) is 5.92 Å². The van der Waals surface area contributed by atoms with E-state index in [9.17, 15) is 4.79 Å². The fourth-order valence-corrected chi connectivity index (χ4v) is 3.92. The third-order valence-corrected chi connectivity index (χ3v) is 6.14. The van der Waals surface area contributed by atoms with E-state index in [0.717, 1.165) is 49.8 Å². The van der Waals surface area contributed by atoms with Crippen molar-refractivity contribution in [2.75, 3.05) is 31.5 Å². The second-order valence-electron chi connectivity index (χ2n) is 8.54. The van der Waals surface area contributed by atoms with Gasteiger partial charge < -0.3 is 5.32 Å². The molecule has 2 aromatic rings. The summed E-state index contributed by atoms with van der Waals surface area (Å²) in [5, 5.41) is 7.47. The summed E-state index contributed by atoms with van der Waals surface area (Å²) in [5.41, 5.74) is 5.43. The lowest BCUT2D eigenvalue weighted by Gasteiger charge is -2.37. The molecule has 1 amide bonds. The first-order valence-corrected chi connectivity index (χ1v) is 10.6. The molecule has 0 bridgehead atoms. The normalized spacial score (nSPS) is 16.9. The van der Waals surface area contributed by atoms with Gasteiger partial charge in [0.05, 0.1) is 23.1 Å². The highest BCUT2D eigenvalue weighted by Gasteiger charge is 2.26. The van der Waals surface area contributed by atoms with Gasteiger partial charge in [0.25, 0.3) is 0 Å². The van der Waals surface area contributed by atoms with E-state index < -0.39 is 0 Å². The first-order valence-electron chi connectivity index (χ1n) is 10.6. The number of benzene rings is 1. The molecule has 1 aliphatic heterocycles. The summed E-state index contributed by atoms with van der Waals surface area (Å²) in [6.07, 6.45) is 0. The Morgan fingerprint density at radius 1 is 1.07 bits per heavy atom. The molecule has 1 N–H and O–H groups in total. The van der Waals surface area contributed by atoms with E-state index in [1.165, 1.54) is 11.1 Å². The summed E-state index contributed by atoms with van der Waals surface area (Å²) in [6.45, 7) is 15.1. The molecule has 3 rings (SSSR count). The summed E-state index contributed by atoms with van der Waals surface area (Å²) in [5.74, 6) is 0.612. The van der Waals surface area contributed by atoms with Crippen LogP contribution < -0.4 is 5.32 Å². The minimum atomic E-state index is -0.151. The Labute approximate surface area is 174 Å². The third kappa shape index (κ3) is 5.06. The molecule has 2 heterocycles. The number of hydrogen-bond acceptors (Lipinski definition) is 4. The lowest BCUT2D eigenvalue weighted by Crippen LogP contribution is -2.52. The molecular formula is C23H35N5O. The molecule has 1 aliphatic rings. The van der Waals surface area contributed by atoms with Crippen LogP contribution in [0, 0.1) is 13.8 Å². The van der Waals surface area contributed by atoms with E-state index in [4.69, 9.17) is 0 Å². The van der Waals surface area contributed by atoms with E-state index >= 15 is 0 Å². The number of carbonyl (C=O) groups excluding carboxylic acids is 1. The molecule has 29 heavy (non-hydrogen) atoms. The van der Waals surface area contributed by atoms with Crippen LogP contribution in [0.5, 0.6) is 0 Å². The van der Waals surface area contributed by atoms with Crippen molar-refractivity contribution in [3.8, 4) is 0 Å². The molecule has 158 valence electrons. The SMILES string of the molecule is Cc1nn(C)c(C)c1NC(=O)C(C)N1CCN(Cc2ccc(C(C)C)cc2)CC1. The first kappa shape index (κ1) is 21.5. The van der Waals surface area contributed by atoms with Crippen LogP contribution in [0.15, 0.2) is 24.3 Å². The minimum absolute atomic E-state index is 0.0434. The van der Waals surface area contributed by atoms with E-state index in [1.54, 1.807) is 0 Å². The van der Waals surface area contributed by atoms with Gasteiger partial charge in [0, 0.05) is 39.8 Å². The Bertz CT molecular complexity index is 832. The Morgan fingerprint density at radius 2 is 1.69 bits per heavy atom. The molecule has 0 spiro atoms. The zero-order valence-electron chi connectivity index (χ0n) is 18.7. The standard InChI is InChI=1S/C23H35N5O/c1-16(2)21-9-7-20(8-10-21)15-27-11-13-28(14-12-27)19(5)23(29)24-22-17(3)25-26(6)18(22)4/h7-10,16,19H,11-15H2,1-6H3,(H,24,29). The van der Waals surface area contributed by atoms with Gasteiger partial charge in [-0.1, -0.05) is 38.1 Å². The Balaban J connectivity index is 1.51. The van der Waals surface area contributed by atoms with Crippen LogP contribution >= 0.6 is 0 Å². The highest BCUT2D eigenvalue weighted by Crippen LogP contribution is 2.20. The number of piperazine rings is 1. The maximum absolute atomic E-state index is 12.8. The number of anilines is 1. The Morgan fingerprint density at radius 3 is 2.21 bits per heavy atom. The van der Waals surface area contributed by atoms with Gasteiger partial charge in [-0.3, -0.25) is 19.3 Å². The summed E-state index contributed by atoms with van der Waals surface area (Å²) in [4.78, 5) is 17.5. The van der Waals surface area contributed by atoms with Crippen LogP contribution in [0.4, 0.5) is 5.69 Å². The lowest BCUT2D eigenvalue weighted by atomic mass is 10.0. The van der Waals surface area contributed by atoms with E-state index in [1.807, 2.05) is 32.5 Å². The molecule has 0 radical (unpaired) electrons. The van der Waals surface area contributed by atoms with Crippen molar-refractivity contribution in [3.05, 3.63) is 46.8 Å². The molecule has 1 unspecified atom stereocenters. The van der Waals surface area contributed by atoms with Gasteiger partial charge in [-0.25, -0.2) is 0 Å². The third-order valence-electron chi connectivity index (χ3n) is 6.14. The number of carbonyl (C=O) groups is 1. The Kier molecular flexibility index (Phi) is 6.75. The molecular weight excluding hydrogens is 362 g/mol. The molecule has 1 saturated heterocycles. The van der Waals surface area contributed by atoms with Crippen LogP contribution in [0.3, 0.4) is 0 Å². The van der Waals surface area contributed by atoms with Crippen molar-refractivity contribution in [2.24, 2.45) is 7.05 Å². The summed E-state index contributed by atoms with van der Waals surface area (Å²) in [7, 11) is 1.90. The molecule has 1 fully saturated rings. The average molecular weight is 398 g/mol. The summed E-state index contributed by atoms with van der Waals surface area (Å²) in [6, 6.07) is 8.82. The summed E-state index contributed by atoms with van der Waals surface area (Å²) >= 11 is 0. The van der Waals surface area contributed by atoms with Crippen molar-refractivity contribution in [2.45, 2.75) is 53.1 Å². The largest absolute Gasteiger partial charge is 0.322 e. The van der Waals surface area contributed by atoms with Crippen LogP contribution in [0.1, 0.15) is 49.2 Å². The molecule has 1 atom stereocenters. The maximum Gasteiger partial charge on any atom is 0.241 e. The van der Waals surface area contributed by atoms with Gasteiger partial charge in [-0.05, 0) is 37.8 Å². The monoisotopic (exact) mass is 397 g/mol. The topological polar surface area (TPSA) is 53.4 Å². The van der Waals surface area contributed by atoms with Crippen molar-refractivity contribution < 1.29 is 4.79 Å². The quantitative estimate of drug-likeness (QED) is 0.813. The van der Waals surface area contributed by atoms with Crippen LogP contribution in [-0.4, -0.2) is 57.7 Å². The highest BCUT2D eigenvalue weighted by molar-refractivity contribution is 5.95. The van der Waals surface area contributed by atoms with Gasteiger partial charge in [0.1, 0.15) is 0 Å². The van der Waals surface area contributed by atoms with E-state index in [2.05, 4.69) is 58.3 Å². The van der Waals surface area contributed by atoms with Crippen LogP contribution in [-0.2, 0) is 18.4 Å². The Hall–Kier alpha value is -2.18. The molecule has 6 heteroatoms. The number of hydrogen-bond donors (Lipinski definition) is 1. The van der Waals surface area contributed by atoms with Crippen LogP contribution in [0.2, 0.25) is 0 Å². The average Bonchev–Trinajstić information content (AvgIpc) is 2.94. The second kappa shape index (κ2) is 9.09. The first-order chi connectivity index (χ1) is 13.8. The van der Waals surface area contributed by atoms with Crippen molar-refractivity contribution in [3.63, 3.8) is 0 Å². The smallest absolute Gasteiger partial charge is 0.241 e. The van der Waals surface area contributed by atoms with Crippen molar-refractivity contribution >= 4 is 11.6 Å². The van der Waals surface area contributed by atoms with Crippen LogP contribution in [0.25, 0.3) is 0 Å². The predicted molar refractivity (Wildman–Crippen MR) is 118 cm³/mol. The lowest BCUT2D eigenvalue weighted by molar-refractivity contribution is -0.121. The molecule has 0 saturated carbocycles. The molecule has 1 aromatic carbocycles. The second-order valence-corrected chi connectivity index (χ2v) is 8.54. The fourth-order valence-electron chi connectivity index (χ4n) is 3.92. The molecule has 0 aliphatic carbocycles. The number of amides is 1. The van der Waals surface area contributed by atoms with Gasteiger partial charge in [0.2, 0.25) is 5.91 Å². The van der Waals surface area contributed by atoms with Gasteiger partial charge in [-0.2, -0.15) is 5.10 Å². The zero-order valence-corrected chi connectivity index (χ0v) is 18.7. The summed E-state index contributed by atoms with van der Waals surface area (Å²) < 4.78 is 1.81. The number of nitrogens with one attached hydrogen (secondary N) is 1. The molecule has 1 aromatic heterocycles. The number of nitrogens with zero attached hydrogens (tertiary/aromatic N) is 4. The van der Waals surface area contributed by atoms with E-state index in [-0.39, 0.29) is 11.9 Å². The molecule has 6 nitrogen and oxygen atoms in total. The number of aromatic nitrogens is 2. The predicted octanol–water partition coefficient (Wildman–Crippen LogP) is 3.31. The number of aryl methyl sites for hydroxylation is 2. The van der Waals surface area contributed by atoms with Gasteiger partial charge in [-0.15, -0.1) is 0 Å². The fraction of sp³-hybridized carbons (Fsp3) is 0.565. The minimum Gasteiger partial charge on any atom is -0.322 e. The number of rotatable bonds is 6. The van der Waals surface area contributed by atoms with Crippen molar-refractivity contribution in [1.29, 1.82) is 0 Å². The van der Waals surface area contributed by atoms with Gasteiger partial charge in [0.15, 0.2) is 0 Å². The zero-order chi connectivity index (χ0) is 21.1.